The number of aromatic nitrogens is 1. The summed E-state index contributed by atoms with van der Waals surface area (Å²) in [6.07, 6.45) is 1.59. The first-order valence-electron chi connectivity index (χ1n) is 7.24. The van der Waals surface area contributed by atoms with E-state index < -0.39 is 6.04 Å². The average molecular weight is 285 g/mol. The molecule has 0 saturated carbocycles. The molecule has 2 amide bonds. The van der Waals surface area contributed by atoms with Crippen LogP contribution in [0.2, 0.25) is 0 Å². The normalized spacial score (nSPS) is 18.6. The second kappa shape index (κ2) is 5.24. The Balaban J connectivity index is 1.84. The van der Waals surface area contributed by atoms with Crippen LogP contribution in [0.3, 0.4) is 0 Å². The van der Waals surface area contributed by atoms with Crippen molar-refractivity contribution in [3.63, 3.8) is 0 Å². The monoisotopic (exact) mass is 285 g/mol. The van der Waals surface area contributed by atoms with Gasteiger partial charge in [0.1, 0.15) is 6.04 Å². The number of nitrogens with one attached hydrogen (secondary N) is 3. The first-order valence-corrected chi connectivity index (χ1v) is 7.24. The second-order valence-electron chi connectivity index (χ2n) is 5.59. The molecule has 5 heteroatoms. The summed E-state index contributed by atoms with van der Waals surface area (Å²) in [5, 5.41) is 6.64. The number of carbonyl (C=O) groups excluding carboxylic acids is 2. The summed E-state index contributed by atoms with van der Waals surface area (Å²) in [5.74, 6) is -0.290. The van der Waals surface area contributed by atoms with E-state index in [4.69, 9.17) is 0 Å². The Hall–Kier alpha value is -2.30. The Kier molecular flexibility index (Phi) is 3.41. The van der Waals surface area contributed by atoms with Crippen LogP contribution in [0.5, 0.6) is 0 Å². The van der Waals surface area contributed by atoms with Gasteiger partial charge in [-0.25, -0.2) is 0 Å². The molecule has 1 unspecified atom stereocenters. The number of fused-ring (bicyclic) bond motifs is 1. The summed E-state index contributed by atoms with van der Waals surface area (Å²) in [4.78, 5) is 27.3. The lowest BCUT2D eigenvalue weighted by atomic mass is 10.0. The predicted molar refractivity (Wildman–Crippen MR) is 81.3 cm³/mol. The molecular weight excluding hydrogens is 266 g/mol. The maximum absolute atomic E-state index is 12.3. The molecule has 0 bridgehead atoms. The van der Waals surface area contributed by atoms with E-state index >= 15 is 0 Å². The number of piperidine rings is 1. The third-order valence-corrected chi connectivity index (χ3v) is 4.16. The van der Waals surface area contributed by atoms with Gasteiger partial charge in [-0.1, -0.05) is 0 Å². The maximum atomic E-state index is 12.3. The lowest BCUT2D eigenvalue weighted by molar-refractivity contribution is -0.124. The van der Waals surface area contributed by atoms with Gasteiger partial charge in [0, 0.05) is 28.7 Å². The third kappa shape index (κ3) is 2.51. The Labute approximate surface area is 123 Å². The first-order chi connectivity index (χ1) is 10.1. The standard InChI is InChI=1S/C16H19N3O2/c1-9-10(2)18-13-6-5-11(8-12(9)13)15(20)19-14-4-3-7-17-16(14)21/h5-6,8,14,18H,3-4,7H2,1-2H3,(H,17,21)(H,19,20). The van der Waals surface area contributed by atoms with Gasteiger partial charge in [0.15, 0.2) is 0 Å². The highest BCUT2D eigenvalue weighted by Gasteiger charge is 2.24. The number of benzene rings is 1. The van der Waals surface area contributed by atoms with Gasteiger partial charge in [-0.3, -0.25) is 9.59 Å². The van der Waals surface area contributed by atoms with Gasteiger partial charge in [0.2, 0.25) is 5.91 Å². The molecule has 0 aliphatic carbocycles. The molecule has 2 heterocycles. The molecule has 1 aliphatic heterocycles. The molecule has 1 saturated heterocycles. The Morgan fingerprint density at radius 2 is 2.14 bits per heavy atom. The summed E-state index contributed by atoms with van der Waals surface area (Å²) in [5.41, 5.74) is 3.87. The van der Waals surface area contributed by atoms with Gasteiger partial charge in [-0.2, -0.15) is 0 Å². The van der Waals surface area contributed by atoms with Gasteiger partial charge in [-0.15, -0.1) is 0 Å². The molecule has 2 aromatic rings. The smallest absolute Gasteiger partial charge is 0.251 e. The minimum Gasteiger partial charge on any atom is -0.358 e. The van der Waals surface area contributed by atoms with Crippen LogP contribution in [0.15, 0.2) is 18.2 Å². The number of carbonyl (C=O) groups is 2. The molecule has 5 nitrogen and oxygen atoms in total. The number of amides is 2. The lowest BCUT2D eigenvalue weighted by Crippen LogP contribution is -2.50. The number of aryl methyl sites for hydroxylation is 2. The Bertz CT molecular complexity index is 718. The van der Waals surface area contributed by atoms with Gasteiger partial charge < -0.3 is 15.6 Å². The van der Waals surface area contributed by atoms with Crippen molar-refractivity contribution in [2.45, 2.75) is 32.7 Å². The Morgan fingerprint density at radius 1 is 1.33 bits per heavy atom. The average Bonchev–Trinajstić information content (AvgIpc) is 2.76. The van der Waals surface area contributed by atoms with E-state index in [1.807, 2.05) is 26.0 Å². The number of rotatable bonds is 2. The van der Waals surface area contributed by atoms with Crippen molar-refractivity contribution in [2.75, 3.05) is 6.54 Å². The molecule has 0 radical (unpaired) electrons. The maximum Gasteiger partial charge on any atom is 0.251 e. The molecule has 1 aliphatic rings. The highest BCUT2D eigenvalue weighted by Crippen LogP contribution is 2.22. The van der Waals surface area contributed by atoms with E-state index in [1.54, 1.807) is 6.07 Å². The molecule has 110 valence electrons. The molecule has 1 aromatic carbocycles. The largest absolute Gasteiger partial charge is 0.358 e. The zero-order chi connectivity index (χ0) is 15.0. The van der Waals surface area contributed by atoms with Crippen LogP contribution in [0.1, 0.15) is 34.5 Å². The van der Waals surface area contributed by atoms with Crippen molar-refractivity contribution < 1.29 is 9.59 Å². The van der Waals surface area contributed by atoms with E-state index in [0.29, 0.717) is 18.5 Å². The van der Waals surface area contributed by atoms with E-state index in [0.717, 1.165) is 28.6 Å². The molecule has 1 aromatic heterocycles. The van der Waals surface area contributed by atoms with Crippen molar-refractivity contribution in [1.29, 1.82) is 0 Å². The minimum atomic E-state index is -0.420. The first kappa shape index (κ1) is 13.7. The fourth-order valence-electron chi connectivity index (χ4n) is 2.75. The SMILES string of the molecule is Cc1[nH]c2ccc(C(=O)NC3CCCNC3=O)cc2c1C. The van der Waals surface area contributed by atoms with Gasteiger partial charge in [-0.05, 0) is 50.5 Å². The summed E-state index contributed by atoms with van der Waals surface area (Å²) in [6, 6.07) is 5.15. The fourth-order valence-corrected chi connectivity index (χ4v) is 2.75. The summed E-state index contributed by atoms with van der Waals surface area (Å²) in [6.45, 7) is 4.74. The van der Waals surface area contributed by atoms with Crippen LogP contribution in [0, 0.1) is 13.8 Å². The second-order valence-corrected chi connectivity index (χ2v) is 5.59. The molecule has 0 spiro atoms. The number of hydrogen-bond acceptors (Lipinski definition) is 2. The summed E-state index contributed by atoms with van der Waals surface area (Å²) < 4.78 is 0. The van der Waals surface area contributed by atoms with Gasteiger partial charge >= 0.3 is 0 Å². The molecule has 1 fully saturated rings. The van der Waals surface area contributed by atoms with Crippen molar-refractivity contribution in [3.8, 4) is 0 Å². The van der Waals surface area contributed by atoms with E-state index in [9.17, 15) is 9.59 Å². The minimum absolute atomic E-state index is 0.0932. The van der Waals surface area contributed by atoms with Gasteiger partial charge in [0.05, 0.1) is 0 Å². The number of hydrogen-bond donors (Lipinski definition) is 3. The van der Waals surface area contributed by atoms with Crippen LogP contribution >= 0.6 is 0 Å². The van der Waals surface area contributed by atoms with Crippen molar-refractivity contribution >= 4 is 22.7 Å². The summed E-state index contributed by atoms with van der Waals surface area (Å²) in [7, 11) is 0. The van der Waals surface area contributed by atoms with Gasteiger partial charge in [0.25, 0.3) is 5.91 Å². The fraction of sp³-hybridized carbons (Fsp3) is 0.375. The van der Waals surface area contributed by atoms with E-state index in [-0.39, 0.29) is 11.8 Å². The number of aromatic amines is 1. The number of H-pyrrole nitrogens is 1. The van der Waals surface area contributed by atoms with Crippen LogP contribution in [0.25, 0.3) is 10.9 Å². The molecule has 21 heavy (non-hydrogen) atoms. The van der Waals surface area contributed by atoms with Crippen LogP contribution in [0.4, 0.5) is 0 Å². The highest BCUT2D eigenvalue weighted by molar-refractivity contribution is 6.01. The molecular formula is C16H19N3O2. The Morgan fingerprint density at radius 3 is 2.90 bits per heavy atom. The highest BCUT2D eigenvalue weighted by atomic mass is 16.2. The van der Waals surface area contributed by atoms with E-state index in [2.05, 4.69) is 15.6 Å². The quantitative estimate of drug-likeness (QED) is 0.787. The van der Waals surface area contributed by atoms with Crippen molar-refractivity contribution in [2.24, 2.45) is 0 Å². The zero-order valence-corrected chi connectivity index (χ0v) is 12.2. The van der Waals surface area contributed by atoms with Crippen molar-refractivity contribution in [1.82, 2.24) is 15.6 Å². The molecule has 3 rings (SSSR count). The van der Waals surface area contributed by atoms with Crippen LogP contribution in [-0.4, -0.2) is 29.4 Å². The zero-order valence-electron chi connectivity index (χ0n) is 12.2. The topological polar surface area (TPSA) is 74.0 Å². The van der Waals surface area contributed by atoms with Crippen molar-refractivity contribution in [3.05, 3.63) is 35.0 Å². The lowest BCUT2D eigenvalue weighted by Gasteiger charge is -2.22. The molecule has 1 atom stereocenters. The van der Waals surface area contributed by atoms with Crippen LogP contribution < -0.4 is 10.6 Å². The molecule has 3 N–H and O–H groups in total. The van der Waals surface area contributed by atoms with Crippen LogP contribution in [-0.2, 0) is 4.79 Å². The predicted octanol–water partition coefficient (Wildman–Crippen LogP) is 1.79. The summed E-state index contributed by atoms with van der Waals surface area (Å²) >= 11 is 0. The van der Waals surface area contributed by atoms with E-state index in [1.165, 1.54) is 0 Å². The third-order valence-electron chi connectivity index (χ3n) is 4.16.